The van der Waals surface area contributed by atoms with Gasteiger partial charge >= 0.3 is 0 Å². The van der Waals surface area contributed by atoms with Crippen LogP contribution in [0.5, 0.6) is 0 Å². The maximum absolute atomic E-state index is 14.1. The second-order valence-corrected chi connectivity index (χ2v) is 7.41. The lowest BCUT2D eigenvalue weighted by molar-refractivity contribution is -0.150. The molecule has 2 rings (SSSR count). The van der Waals surface area contributed by atoms with E-state index in [9.17, 15) is 14.0 Å². The summed E-state index contributed by atoms with van der Waals surface area (Å²) in [5.41, 5.74) is 0.173. The predicted octanol–water partition coefficient (Wildman–Crippen LogP) is 4.21. The van der Waals surface area contributed by atoms with E-state index >= 15 is 0 Å². The fourth-order valence-corrected chi connectivity index (χ4v) is 2.86. The predicted molar refractivity (Wildman–Crippen MR) is 92.3 cm³/mol. The molecule has 0 N–H and O–H groups in total. The number of imide groups is 1. The van der Waals surface area contributed by atoms with Crippen LogP contribution < -0.4 is 0 Å². The third-order valence-corrected chi connectivity index (χ3v) is 4.30. The molecular formula is C18H22ClFN2O2. The normalized spacial score (nSPS) is 18.1. The van der Waals surface area contributed by atoms with Gasteiger partial charge in [0.25, 0.3) is 11.8 Å². The van der Waals surface area contributed by atoms with E-state index in [1.54, 1.807) is 26.8 Å². The van der Waals surface area contributed by atoms with Crippen molar-refractivity contribution in [2.75, 3.05) is 0 Å². The Morgan fingerprint density at radius 3 is 2.58 bits per heavy atom. The monoisotopic (exact) mass is 352 g/mol. The molecular weight excluding hydrogens is 331 g/mol. The van der Waals surface area contributed by atoms with Crippen LogP contribution in [0, 0.1) is 17.2 Å². The van der Waals surface area contributed by atoms with Crippen molar-refractivity contribution in [3.8, 4) is 0 Å². The van der Waals surface area contributed by atoms with Crippen LogP contribution in [0.4, 0.5) is 4.39 Å². The van der Waals surface area contributed by atoms with E-state index < -0.39 is 23.1 Å². The van der Waals surface area contributed by atoms with E-state index in [2.05, 4.69) is 5.10 Å². The fraction of sp³-hybridized carbons (Fsp3) is 0.500. The summed E-state index contributed by atoms with van der Waals surface area (Å²) in [5.74, 6) is -1.86. The molecule has 1 atom stereocenters. The Balaban J connectivity index is 2.34. The topological polar surface area (TPSA) is 49.7 Å². The van der Waals surface area contributed by atoms with Crippen LogP contribution in [0.15, 0.2) is 23.3 Å². The van der Waals surface area contributed by atoms with Gasteiger partial charge in [-0.25, -0.2) is 4.39 Å². The van der Waals surface area contributed by atoms with Gasteiger partial charge in [-0.1, -0.05) is 51.8 Å². The summed E-state index contributed by atoms with van der Waals surface area (Å²) in [6, 6.07) is 4.43. The van der Waals surface area contributed by atoms with E-state index in [1.807, 2.05) is 6.92 Å². The highest BCUT2D eigenvalue weighted by Crippen LogP contribution is 2.30. The summed E-state index contributed by atoms with van der Waals surface area (Å²) >= 11 is 6.08. The zero-order valence-electron chi connectivity index (χ0n) is 14.4. The van der Waals surface area contributed by atoms with Crippen LogP contribution in [-0.2, 0) is 16.0 Å². The number of hydrogen-bond acceptors (Lipinski definition) is 3. The smallest absolute Gasteiger partial charge is 0.259 e. The lowest BCUT2D eigenvalue weighted by atomic mass is 9.91. The third kappa shape index (κ3) is 3.66. The first-order chi connectivity index (χ1) is 11.2. The second-order valence-electron chi connectivity index (χ2n) is 7.00. The van der Waals surface area contributed by atoms with Crippen molar-refractivity contribution < 1.29 is 14.0 Å². The molecule has 1 aliphatic rings. The molecule has 1 aliphatic heterocycles. The minimum atomic E-state index is -0.721. The van der Waals surface area contributed by atoms with E-state index in [1.165, 1.54) is 12.1 Å². The molecule has 1 aromatic carbocycles. The van der Waals surface area contributed by atoms with Crippen LogP contribution in [0.3, 0.4) is 0 Å². The molecule has 0 fully saturated rings. The Labute approximate surface area is 146 Å². The molecule has 1 aromatic rings. The summed E-state index contributed by atoms with van der Waals surface area (Å²) in [6.07, 6.45) is 1.47. The molecule has 24 heavy (non-hydrogen) atoms. The number of amides is 2. The zero-order valence-corrected chi connectivity index (χ0v) is 15.2. The van der Waals surface area contributed by atoms with Crippen molar-refractivity contribution in [3.05, 3.63) is 34.6 Å². The van der Waals surface area contributed by atoms with Gasteiger partial charge in [0.1, 0.15) is 5.82 Å². The largest absolute Gasteiger partial charge is 0.272 e. The second kappa shape index (κ2) is 7.01. The summed E-state index contributed by atoms with van der Waals surface area (Å²) in [7, 11) is 0. The third-order valence-electron chi connectivity index (χ3n) is 3.95. The highest BCUT2D eigenvalue weighted by Gasteiger charge is 2.42. The number of hydrazone groups is 1. The quantitative estimate of drug-likeness (QED) is 0.815. The van der Waals surface area contributed by atoms with Crippen molar-refractivity contribution in [2.24, 2.45) is 16.4 Å². The molecule has 0 bridgehead atoms. The minimum Gasteiger partial charge on any atom is -0.272 e. The number of nitrogens with zero attached hydrogens (tertiary/aromatic N) is 2. The highest BCUT2D eigenvalue weighted by atomic mass is 35.5. The Morgan fingerprint density at radius 1 is 1.38 bits per heavy atom. The number of carbonyl (C=O) groups excluding carboxylic acids is 2. The minimum absolute atomic E-state index is 0.108. The molecule has 0 radical (unpaired) electrons. The number of hydrogen-bond donors (Lipinski definition) is 0. The van der Waals surface area contributed by atoms with E-state index in [-0.39, 0.29) is 22.9 Å². The van der Waals surface area contributed by atoms with Gasteiger partial charge in [-0.15, -0.1) is 0 Å². The lowest BCUT2D eigenvalue weighted by Crippen LogP contribution is -2.40. The average molecular weight is 353 g/mol. The van der Waals surface area contributed by atoms with Crippen molar-refractivity contribution in [1.82, 2.24) is 5.01 Å². The molecule has 1 unspecified atom stereocenters. The van der Waals surface area contributed by atoms with Gasteiger partial charge in [0.2, 0.25) is 0 Å². The molecule has 0 aliphatic carbocycles. The number of rotatable bonds is 4. The first kappa shape index (κ1) is 18.6. The summed E-state index contributed by atoms with van der Waals surface area (Å²) in [4.78, 5) is 25.2. The van der Waals surface area contributed by atoms with Gasteiger partial charge < -0.3 is 0 Å². The molecule has 0 aromatic heterocycles. The van der Waals surface area contributed by atoms with Gasteiger partial charge in [0.15, 0.2) is 0 Å². The molecule has 0 saturated carbocycles. The molecule has 4 nitrogen and oxygen atoms in total. The Bertz CT molecular complexity index is 674. The molecule has 0 spiro atoms. The maximum Gasteiger partial charge on any atom is 0.259 e. The van der Waals surface area contributed by atoms with Crippen LogP contribution in [0.25, 0.3) is 0 Å². The highest BCUT2D eigenvalue weighted by molar-refractivity contribution is 6.31. The van der Waals surface area contributed by atoms with Crippen molar-refractivity contribution in [1.29, 1.82) is 0 Å². The first-order valence-electron chi connectivity index (χ1n) is 8.05. The summed E-state index contributed by atoms with van der Waals surface area (Å²) < 4.78 is 14.1. The SMILES string of the molecule is CCCC1=NN(C(=O)C(C)(C)C)C(=O)C1Cc1c(F)cccc1Cl. The average Bonchev–Trinajstić information content (AvgIpc) is 2.78. The molecule has 1 heterocycles. The molecule has 0 saturated heterocycles. The van der Waals surface area contributed by atoms with Crippen molar-refractivity contribution in [3.63, 3.8) is 0 Å². The van der Waals surface area contributed by atoms with Gasteiger partial charge in [-0.3, -0.25) is 9.59 Å². The molecule has 2 amide bonds. The van der Waals surface area contributed by atoms with Gasteiger partial charge in [0, 0.05) is 16.0 Å². The van der Waals surface area contributed by atoms with Crippen molar-refractivity contribution >= 4 is 29.1 Å². The lowest BCUT2D eigenvalue weighted by Gasteiger charge is -2.22. The fourth-order valence-electron chi connectivity index (χ4n) is 2.62. The Kier molecular flexibility index (Phi) is 5.43. The summed E-state index contributed by atoms with van der Waals surface area (Å²) in [6.45, 7) is 7.17. The van der Waals surface area contributed by atoms with Gasteiger partial charge in [-0.2, -0.15) is 10.1 Å². The van der Waals surface area contributed by atoms with E-state index in [0.717, 1.165) is 11.4 Å². The van der Waals surface area contributed by atoms with Crippen LogP contribution in [0.1, 0.15) is 46.1 Å². The summed E-state index contributed by atoms with van der Waals surface area (Å²) in [5, 5.41) is 5.47. The number of halogens is 2. The van der Waals surface area contributed by atoms with Crippen LogP contribution in [0.2, 0.25) is 5.02 Å². The van der Waals surface area contributed by atoms with Gasteiger partial charge in [0.05, 0.1) is 11.6 Å². The molecule has 6 heteroatoms. The zero-order chi connectivity index (χ0) is 18.1. The first-order valence-corrected chi connectivity index (χ1v) is 8.43. The Hall–Kier alpha value is -1.75. The van der Waals surface area contributed by atoms with Crippen LogP contribution >= 0.6 is 11.6 Å². The number of benzene rings is 1. The van der Waals surface area contributed by atoms with E-state index in [4.69, 9.17) is 11.6 Å². The molecule has 130 valence electrons. The standard InChI is InChI=1S/C18H22ClFN2O2/c1-5-7-15-12(10-11-13(19)8-6-9-14(11)20)16(23)22(21-15)17(24)18(2,3)4/h6,8-9,12H,5,7,10H2,1-4H3. The maximum atomic E-state index is 14.1. The van der Waals surface area contributed by atoms with Crippen LogP contribution in [-0.4, -0.2) is 22.5 Å². The Morgan fingerprint density at radius 2 is 2.04 bits per heavy atom. The number of carbonyl (C=O) groups is 2. The van der Waals surface area contributed by atoms with E-state index in [0.29, 0.717) is 12.1 Å². The van der Waals surface area contributed by atoms with Gasteiger partial charge in [-0.05, 0) is 25.0 Å². The van der Waals surface area contributed by atoms with Crippen molar-refractivity contribution in [2.45, 2.75) is 47.0 Å².